The molecule has 4 nitrogen and oxygen atoms in total. The molecule has 0 aromatic heterocycles. The molecule has 1 aliphatic heterocycles. The van der Waals surface area contributed by atoms with Gasteiger partial charge in [0.1, 0.15) is 0 Å². The van der Waals surface area contributed by atoms with Crippen LogP contribution in [0, 0.1) is 23.2 Å². The Labute approximate surface area is 101 Å². The second-order valence-electron chi connectivity index (χ2n) is 4.51. The van der Waals surface area contributed by atoms with E-state index in [4.69, 9.17) is 5.26 Å². The lowest BCUT2D eigenvalue weighted by molar-refractivity contribution is -0.127. The number of hydrogen-bond donors (Lipinski definition) is 1. The van der Waals surface area contributed by atoms with Gasteiger partial charge in [0.15, 0.2) is 0 Å². The number of carbonyl (C=O) groups excluding carboxylic acids is 1. The molecule has 1 aliphatic rings. The number of amides is 1. The van der Waals surface area contributed by atoms with Gasteiger partial charge in [0.2, 0.25) is 5.91 Å². The smallest absolute Gasteiger partial charge is 0.241 e. The first kappa shape index (κ1) is 11.5. The highest BCUT2D eigenvalue weighted by Gasteiger charge is 2.29. The summed E-state index contributed by atoms with van der Waals surface area (Å²) in [6.07, 6.45) is 0. The summed E-state index contributed by atoms with van der Waals surface area (Å²) >= 11 is 0. The molecule has 0 spiro atoms. The van der Waals surface area contributed by atoms with Crippen molar-refractivity contribution >= 4 is 11.6 Å². The first-order valence-corrected chi connectivity index (χ1v) is 5.70. The quantitative estimate of drug-likeness (QED) is 0.797. The molecule has 2 atom stereocenters. The Morgan fingerprint density at radius 3 is 2.88 bits per heavy atom. The van der Waals surface area contributed by atoms with Crippen LogP contribution in [0.2, 0.25) is 0 Å². The van der Waals surface area contributed by atoms with Gasteiger partial charge in [-0.1, -0.05) is 19.9 Å². The molecule has 0 bridgehead atoms. The minimum Gasteiger partial charge on any atom is -0.285 e. The predicted octanol–water partition coefficient (Wildman–Crippen LogP) is 1.68. The third-order valence-electron chi connectivity index (χ3n) is 3.27. The summed E-state index contributed by atoms with van der Waals surface area (Å²) in [6.45, 7) is 4.76. The highest BCUT2D eigenvalue weighted by molar-refractivity contribution is 5.81. The molecule has 0 aliphatic carbocycles. The van der Waals surface area contributed by atoms with Gasteiger partial charge in [0, 0.05) is 12.5 Å². The number of benzene rings is 1. The van der Waals surface area contributed by atoms with Crippen molar-refractivity contribution in [2.75, 3.05) is 11.6 Å². The first-order valence-electron chi connectivity index (χ1n) is 5.70. The van der Waals surface area contributed by atoms with Gasteiger partial charge in [-0.15, -0.1) is 0 Å². The largest absolute Gasteiger partial charge is 0.285 e. The van der Waals surface area contributed by atoms with E-state index in [1.54, 1.807) is 12.1 Å². The summed E-state index contributed by atoms with van der Waals surface area (Å²) < 4.78 is 0. The second kappa shape index (κ2) is 4.46. The van der Waals surface area contributed by atoms with Crippen LogP contribution in [0.1, 0.15) is 19.4 Å². The van der Waals surface area contributed by atoms with Crippen LogP contribution in [0.5, 0.6) is 0 Å². The number of anilines is 1. The SMILES string of the molecule is CC1CN(c2cccc(C#N)c2)NC(=O)C1C. The summed E-state index contributed by atoms with van der Waals surface area (Å²) in [6, 6.07) is 9.35. The third-order valence-corrected chi connectivity index (χ3v) is 3.27. The van der Waals surface area contributed by atoms with Crippen molar-refractivity contribution in [3.05, 3.63) is 29.8 Å². The number of hydrogen-bond acceptors (Lipinski definition) is 3. The summed E-state index contributed by atoms with van der Waals surface area (Å²) in [4.78, 5) is 11.7. The molecular formula is C13H15N3O. The molecular weight excluding hydrogens is 214 g/mol. The predicted molar refractivity (Wildman–Crippen MR) is 65.0 cm³/mol. The summed E-state index contributed by atoms with van der Waals surface area (Å²) in [5.74, 6) is 0.367. The molecule has 4 heteroatoms. The van der Waals surface area contributed by atoms with Crippen LogP contribution in [-0.4, -0.2) is 12.5 Å². The van der Waals surface area contributed by atoms with Crippen LogP contribution in [0.4, 0.5) is 5.69 Å². The van der Waals surface area contributed by atoms with Crippen LogP contribution in [0.15, 0.2) is 24.3 Å². The van der Waals surface area contributed by atoms with Gasteiger partial charge >= 0.3 is 0 Å². The molecule has 1 fully saturated rings. The minimum absolute atomic E-state index is 0.0328. The molecule has 0 radical (unpaired) electrons. The molecule has 1 N–H and O–H groups in total. The van der Waals surface area contributed by atoms with Gasteiger partial charge in [-0.05, 0) is 24.1 Å². The van der Waals surface area contributed by atoms with E-state index in [0.717, 1.165) is 12.2 Å². The Hall–Kier alpha value is -2.02. The standard InChI is InChI=1S/C13H15N3O/c1-9-8-16(15-13(17)10(9)2)12-5-3-4-11(6-12)7-14/h3-6,9-10H,8H2,1-2H3,(H,15,17). The Morgan fingerprint density at radius 2 is 2.24 bits per heavy atom. The topological polar surface area (TPSA) is 56.1 Å². The van der Waals surface area contributed by atoms with E-state index < -0.39 is 0 Å². The maximum atomic E-state index is 11.7. The Balaban J connectivity index is 2.23. The van der Waals surface area contributed by atoms with Crippen LogP contribution in [0.25, 0.3) is 0 Å². The first-order chi connectivity index (χ1) is 8.11. The van der Waals surface area contributed by atoms with Crippen molar-refractivity contribution in [1.82, 2.24) is 5.43 Å². The normalized spacial score (nSPS) is 24.1. The average molecular weight is 229 g/mol. The average Bonchev–Trinajstić information content (AvgIpc) is 2.35. The zero-order valence-corrected chi connectivity index (χ0v) is 9.97. The lowest BCUT2D eigenvalue weighted by Gasteiger charge is -2.36. The molecule has 1 saturated heterocycles. The fourth-order valence-corrected chi connectivity index (χ4v) is 1.90. The lowest BCUT2D eigenvalue weighted by Crippen LogP contribution is -2.54. The van der Waals surface area contributed by atoms with Crippen molar-refractivity contribution in [2.24, 2.45) is 11.8 Å². The number of nitrogens with one attached hydrogen (secondary N) is 1. The summed E-state index contributed by atoms with van der Waals surface area (Å²) in [7, 11) is 0. The van der Waals surface area contributed by atoms with E-state index in [2.05, 4.69) is 18.4 Å². The molecule has 1 aromatic carbocycles. The minimum atomic E-state index is 0.0328. The maximum absolute atomic E-state index is 11.7. The van der Waals surface area contributed by atoms with E-state index in [9.17, 15) is 4.79 Å². The number of nitriles is 1. The van der Waals surface area contributed by atoms with Crippen LogP contribution >= 0.6 is 0 Å². The Bertz CT molecular complexity index is 478. The second-order valence-corrected chi connectivity index (χ2v) is 4.51. The van der Waals surface area contributed by atoms with Gasteiger partial charge in [-0.2, -0.15) is 5.26 Å². The molecule has 2 rings (SSSR count). The van der Waals surface area contributed by atoms with E-state index >= 15 is 0 Å². The van der Waals surface area contributed by atoms with Crippen molar-refractivity contribution in [3.63, 3.8) is 0 Å². The van der Waals surface area contributed by atoms with E-state index in [-0.39, 0.29) is 11.8 Å². The van der Waals surface area contributed by atoms with E-state index in [0.29, 0.717) is 11.5 Å². The van der Waals surface area contributed by atoms with E-state index in [1.165, 1.54) is 0 Å². The van der Waals surface area contributed by atoms with Gasteiger partial charge in [-0.3, -0.25) is 15.2 Å². The van der Waals surface area contributed by atoms with Gasteiger partial charge in [0.25, 0.3) is 0 Å². The van der Waals surface area contributed by atoms with Crippen molar-refractivity contribution in [1.29, 1.82) is 5.26 Å². The molecule has 1 heterocycles. The maximum Gasteiger partial charge on any atom is 0.241 e. The van der Waals surface area contributed by atoms with Crippen molar-refractivity contribution in [3.8, 4) is 6.07 Å². The number of rotatable bonds is 1. The molecule has 2 unspecified atom stereocenters. The van der Waals surface area contributed by atoms with Gasteiger partial charge < -0.3 is 0 Å². The Kier molecular flexibility index (Phi) is 3.01. The fourth-order valence-electron chi connectivity index (χ4n) is 1.90. The monoisotopic (exact) mass is 229 g/mol. The van der Waals surface area contributed by atoms with Crippen LogP contribution < -0.4 is 10.4 Å². The molecule has 17 heavy (non-hydrogen) atoms. The summed E-state index contributed by atoms with van der Waals surface area (Å²) in [5, 5.41) is 10.7. The Morgan fingerprint density at radius 1 is 1.47 bits per heavy atom. The van der Waals surface area contributed by atoms with Gasteiger partial charge in [0.05, 0.1) is 17.3 Å². The fraction of sp³-hybridized carbons (Fsp3) is 0.385. The molecule has 1 amide bonds. The van der Waals surface area contributed by atoms with E-state index in [1.807, 2.05) is 24.1 Å². The van der Waals surface area contributed by atoms with Crippen LogP contribution in [0.3, 0.4) is 0 Å². The highest BCUT2D eigenvalue weighted by atomic mass is 16.2. The lowest BCUT2D eigenvalue weighted by atomic mass is 9.93. The van der Waals surface area contributed by atoms with Crippen molar-refractivity contribution < 1.29 is 4.79 Å². The number of nitrogens with zero attached hydrogens (tertiary/aromatic N) is 2. The zero-order chi connectivity index (χ0) is 12.4. The number of hydrazine groups is 1. The van der Waals surface area contributed by atoms with Crippen LogP contribution in [-0.2, 0) is 4.79 Å². The number of carbonyl (C=O) groups is 1. The van der Waals surface area contributed by atoms with Crippen molar-refractivity contribution in [2.45, 2.75) is 13.8 Å². The summed E-state index contributed by atoms with van der Waals surface area (Å²) in [5.41, 5.74) is 4.31. The van der Waals surface area contributed by atoms with Gasteiger partial charge in [-0.25, -0.2) is 0 Å². The molecule has 0 saturated carbocycles. The molecule has 88 valence electrons. The third kappa shape index (κ3) is 2.23. The zero-order valence-electron chi connectivity index (χ0n) is 9.97. The molecule has 1 aromatic rings. The highest BCUT2D eigenvalue weighted by Crippen LogP contribution is 2.22.